The second kappa shape index (κ2) is 7.21. The van der Waals surface area contributed by atoms with Crippen LogP contribution in [0.25, 0.3) is 0 Å². The van der Waals surface area contributed by atoms with E-state index in [1.807, 2.05) is 12.1 Å². The van der Waals surface area contributed by atoms with Gasteiger partial charge in [-0.1, -0.05) is 12.1 Å². The molecule has 1 aromatic carbocycles. The molecule has 0 radical (unpaired) electrons. The first-order valence-corrected chi connectivity index (χ1v) is 7.55. The van der Waals surface area contributed by atoms with E-state index in [0.717, 1.165) is 24.5 Å². The molecule has 1 aliphatic heterocycles. The van der Waals surface area contributed by atoms with E-state index in [-0.39, 0.29) is 5.75 Å². The van der Waals surface area contributed by atoms with E-state index in [9.17, 15) is 8.78 Å². The number of aromatic nitrogens is 2. The standard InChI is InChI=1S/C16H18F2N4O/c17-16(18)23-13-5-3-4-12(8-13)10-19-14-9-15(21-11-20-14)22-6-1-2-7-22/h3-5,8-9,11,16H,1-2,6-7,10H2,(H,19,20,21). The molecule has 7 heteroatoms. The Balaban J connectivity index is 1.63. The number of ether oxygens (including phenoxy) is 1. The maximum absolute atomic E-state index is 12.2. The number of hydrogen-bond acceptors (Lipinski definition) is 5. The van der Waals surface area contributed by atoms with Crippen molar-refractivity contribution < 1.29 is 13.5 Å². The quantitative estimate of drug-likeness (QED) is 0.885. The lowest BCUT2D eigenvalue weighted by Crippen LogP contribution is -2.19. The third kappa shape index (κ3) is 4.28. The Kier molecular flexibility index (Phi) is 4.85. The van der Waals surface area contributed by atoms with E-state index in [1.165, 1.54) is 25.2 Å². The fourth-order valence-corrected chi connectivity index (χ4v) is 2.59. The zero-order valence-corrected chi connectivity index (χ0v) is 12.6. The molecule has 1 aliphatic rings. The molecule has 5 nitrogen and oxygen atoms in total. The molecule has 0 bridgehead atoms. The molecule has 1 saturated heterocycles. The van der Waals surface area contributed by atoms with Crippen LogP contribution >= 0.6 is 0 Å². The minimum absolute atomic E-state index is 0.153. The molecule has 2 heterocycles. The van der Waals surface area contributed by atoms with Gasteiger partial charge in [0.05, 0.1) is 0 Å². The van der Waals surface area contributed by atoms with Gasteiger partial charge >= 0.3 is 6.61 Å². The Morgan fingerprint density at radius 3 is 2.78 bits per heavy atom. The molecule has 23 heavy (non-hydrogen) atoms. The molecule has 1 fully saturated rings. The number of nitrogens with one attached hydrogen (secondary N) is 1. The van der Waals surface area contributed by atoms with Gasteiger partial charge in [0.2, 0.25) is 0 Å². The summed E-state index contributed by atoms with van der Waals surface area (Å²) in [5.41, 5.74) is 0.837. The summed E-state index contributed by atoms with van der Waals surface area (Å²) in [5.74, 6) is 1.77. The second-order valence-electron chi connectivity index (χ2n) is 5.34. The monoisotopic (exact) mass is 320 g/mol. The number of alkyl halides is 2. The van der Waals surface area contributed by atoms with Crippen LogP contribution in [0.15, 0.2) is 36.7 Å². The van der Waals surface area contributed by atoms with Crippen LogP contribution in [0, 0.1) is 0 Å². The number of halogens is 2. The van der Waals surface area contributed by atoms with Gasteiger partial charge in [0.1, 0.15) is 23.7 Å². The van der Waals surface area contributed by atoms with Crippen molar-refractivity contribution in [1.29, 1.82) is 0 Å². The summed E-state index contributed by atoms with van der Waals surface area (Å²) in [6.07, 6.45) is 3.90. The fraction of sp³-hybridized carbons (Fsp3) is 0.375. The SMILES string of the molecule is FC(F)Oc1cccc(CNc2cc(N3CCCC3)ncn2)c1. The van der Waals surface area contributed by atoms with Crippen molar-refractivity contribution in [2.45, 2.75) is 26.0 Å². The lowest BCUT2D eigenvalue weighted by molar-refractivity contribution is -0.0498. The number of anilines is 2. The zero-order chi connectivity index (χ0) is 16.1. The van der Waals surface area contributed by atoms with E-state index in [4.69, 9.17) is 0 Å². The van der Waals surface area contributed by atoms with Crippen molar-refractivity contribution in [3.8, 4) is 5.75 Å². The van der Waals surface area contributed by atoms with Crippen LogP contribution in [0.5, 0.6) is 5.75 Å². The Bertz CT molecular complexity index is 647. The Morgan fingerprint density at radius 1 is 1.17 bits per heavy atom. The average Bonchev–Trinajstić information content (AvgIpc) is 3.07. The van der Waals surface area contributed by atoms with Crippen molar-refractivity contribution in [3.05, 3.63) is 42.2 Å². The van der Waals surface area contributed by atoms with Gasteiger partial charge < -0.3 is 15.0 Å². The number of nitrogens with zero attached hydrogens (tertiary/aromatic N) is 3. The summed E-state index contributed by atoms with van der Waals surface area (Å²) in [4.78, 5) is 10.7. The molecule has 1 N–H and O–H groups in total. The minimum Gasteiger partial charge on any atom is -0.435 e. The van der Waals surface area contributed by atoms with Gasteiger partial charge in [-0.05, 0) is 30.5 Å². The van der Waals surface area contributed by atoms with Crippen molar-refractivity contribution in [3.63, 3.8) is 0 Å². The highest BCUT2D eigenvalue weighted by atomic mass is 19.3. The third-order valence-electron chi connectivity index (χ3n) is 3.68. The van der Waals surface area contributed by atoms with Gasteiger partial charge in [-0.15, -0.1) is 0 Å². The molecule has 0 unspecified atom stereocenters. The van der Waals surface area contributed by atoms with E-state index >= 15 is 0 Å². The number of benzene rings is 1. The summed E-state index contributed by atoms with van der Waals surface area (Å²) in [7, 11) is 0. The summed E-state index contributed by atoms with van der Waals surface area (Å²) in [6.45, 7) is -0.313. The van der Waals surface area contributed by atoms with E-state index in [0.29, 0.717) is 12.4 Å². The molecule has 0 amide bonds. The highest BCUT2D eigenvalue weighted by Gasteiger charge is 2.14. The summed E-state index contributed by atoms with van der Waals surface area (Å²) >= 11 is 0. The van der Waals surface area contributed by atoms with E-state index in [1.54, 1.807) is 12.1 Å². The van der Waals surface area contributed by atoms with Crippen LogP contribution < -0.4 is 15.0 Å². The van der Waals surface area contributed by atoms with Gasteiger partial charge in [0, 0.05) is 25.7 Å². The maximum atomic E-state index is 12.2. The normalized spacial score (nSPS) is 14.3. The number of hydrogen-bond donors (Lipinski definition) is 1. The lowest BCUT2D eigenvalue weighted by Gasteiger charge is -2.16. The molecule has 0 saturated carbocycles. The molecule has 2 aromatic rings. The molecule has 122 valence electrons. The van der Waals surface area contributed by atoms with Gasteiger partial charge in [-0.25, -0.2) is 9.97 Å². The topological polar surface area (TPSA) is 50.3 Å². The summed E-state index contributed by atoms with van der Waals surface area (Å²) < 4.78 is 28.9. The Morgan fingerprint density at radius 2 is 2.00 bits per heavy atom. The zero-order valence-electron chi connectivity index (χ0n) is 12.6. The van der Waals surface area contributed by atoms with Crippen molar-refractivity contribution in [2.75, 3.05) is 23.3 Å². The largest absolute Gasteiger partial charge is 0.435 e. The second-order valence-corrected chi connectivity index (χ2v) is 5.34. The first kappa shape index (κ1) is 15.5. The van der Waals surface area contributed by atoms with E-state index < -0.39 is 6.61 Å². The smallest absolute Gasteiger partial charge is 0.387 e. The lowest BCUT2D eigenvalue weighted by atomic mass is 10.2. The predicted molar refractivity (Wildman–Crippen MR) is 83.9 cm³/mol. The van der Waals surface area contributed by atoms with E-state index in [2.05, 4.69) is 24.9 Å². The van der Waals surface area contributed by atoms with Crippen molar-refractivity contribution in [2.24, 2.45) is 0 Å². The van der Waals surface area contributed by atoms with Gasteiger partial charge in [0.25, 0.3) is 0 Å². The minimum atomic E-state index is -2.82. The molecule has 3 rings (SSSR count). The van der Waals surface area contributed by atoms with Gasteiger partial charge in [-0.2, -0.15) is 8.78 Å². The molecule has 1 aromatic heterocycles. The summed E-state index contributed by atoms with van der Waals surface area (Å²) in [6, 6.07) is 8.52. The number of rotatable bonds is 6. The maximum Gasteiger partial charge on any atom is 0.387 e. The average molecular weight is 320 g/mol. The van der Waals surface area contributed by atoms with Crippen LogP contribution in [0.2, 0.25) is 0 Å². The van der Waals surface area contributed by atoms with Gasteiger partial charge in [-0.3, -0.25) is 0 Å². The Labute approximate surface area is 133 Å². The third-order valence-corrected chi connectivity index (χ3v) is 3.68. The first-order valence-electron chi connectivity index (χ1n) is 7.55. The first-order chi connectivity index (χ1) is 11.2. The molecule has 0 spiro atoms. The predicted octanol–water partition coefficient (Wildman–Crippen LogP) is 3.29. The van der Waals surface area contributed by atoms with Crippen LogP contribution in [-0.2, 0) is 6.54 Å². The van der Waals surface area contributed by atoms with Crippen molar-refractivity contribution in [1.82, 2.24) is 9.97 Å². The molecule has 0 aliphatic carbocycles. The summed E-state index contributed by atoms with van der Waals surface area (Å²) in [5, 5.41) is 3.18. The fourth-order valence-electron chi connectivity index (χ4n) is 2.59. The molecular formula is C16H18F2N4O. The molecular weight excluding hydrogens is 302 g/mol. The van der Waals surface area contributed by atoms with Crippen LogP contribution in [0.1, 0.15) is 18.4 Å². The van der Waals surface area contributed by atoms with Crippen LogP contribution in [0.4, 0.5) is 20.4 Å². The Hall–Kier alpha value is -2.44. The van der Waals surface area contributed by atoms with Crippen LogP contribution in [0.3, 0.4) is 0 Å². The highest BCUT2D eigenvalue weighted by Crippen LogP contribution is 2.20. The highest BCUT2D eigenvalue weighted by molar-refractivity contribution is 5.49. The van der Waals surface area contributed by atoms with Crippen LogP contribution in [-0.4, -0.2) is 29.7 Å². The molecule has 0 atom stereocenters. The van der Waals surface area contributed by atoms with Crippen molar-refractivity contribution >= 4 is 11.6 Å². The van der Waals surface area contributed by atoms with Gasteiger partial charge in [0.15, 0.2) is 0 Å².